The van der Waals surface area contributed by atoms with Crippen molar-refractivity contribution in [2.45, 2.75) is 19.3 Å². The van der Waals surface area contributed by atoms with Crippen LogP contribution in [0.5, 0.6) is 0 Å². The Hall–Kier alpha value is -2.53. The van der Waals surface area contributed by atoms with Gasteiger partial charge in [0.15, 0.2) is 10.6 Å². The molecule has 2 aromatic carbocycles. The number of rotatable bonds is 1. The molecule has 1 aliphatic carbocycles. The number of halogens is 1. The monoisotopic (exact) mass is 390 g/mol. The summed E-state index contributed by atoms with van der Waals surface area (Å²) in [6.07, 6.45) is 3.22. The first kappa shape index (κ1) is 14.8. The third-order valence-corrected chi connectivity index (χ3v) is 5.31. The molecule has 0 unspecified atom stereocenters. The summed E-state index contributed by atoms with van der Waals surface area (Å²) in [6, 6.07) is 18.7. The van der Waals surface area contributed by atoms with Gasteiger partial charge in [0.1, 0.15) is 0 Å². The largest absolute Gasteiger partial charge is 0.269 e. The number of imidazole rings is 1. The molecule has 0 N–H and O–H groups in total. The standard InChI is InChI=1S/C20H15BrN4/c21-20-22-16-10-3-4-11-17(16)25(20)18-12-14-8-5-7-13-6-1-2-9-15(13)19(14)24-23-18/h1-4,6,9-12H,5,7-8H2. The molecule has 0 bridgehead atoms. The Balaban J connectivity index is 1.71. The highest BCUT2D eigenvalue weighted by Crippen LogP contribution is 2.32. The average Bonchev–Trinajstić information content (AvgIpc) is 2.86. The second-order valence-electron chi connectivity index (χ2n) is 6.29. The van der Waals surface area contributed by atoms with Crippen molar-refractivity contribution in [3.8, 4) is 17.1 Å². The minimum absolute atomic E-state index is 0.747. The fourth-order valence-electron chi connectivity index (χ4n) is 3.60. The summed E-state index contributed by atoms with van der Waals surface area (Å²) in [6.45, 7) is 0. The van der Waals surface area contributed by atoms with E-state index in [0.29, 0.717) is 0 Å². The summed E-state index contributed by atoms with van der Waals surface area (Å²) in [5, 5.41) is 9.13. The van der Waals surface area contributed by atoms with Crippen LogP contribution < -0.4 is 0 Å². The number of aromatic nitrogens is 4. The summed E-state index contributed by atoms with van der Waals surface area (Å²) in [5.41, 5.74) is 6.80. The van der Waals surface area contributed by atoms with Crippen LogP contribution in [0.25, 0.3) is 28.1 Å². The van der Waals surface area contributed by atoms with Gasteiger partial charge in [-0.2, -0.15) is 0 Å². The van der Waals surface area contributed by atoms with Gasteiger partial charge >= 0.3 is 0 Å². The van der Waals surface area contributed by atoms with Crippen molar-refractivity contribution >= 4 is 27.0 Å². The van der Waals surface area contributed by atoms with E-state index < -0.39 is 0 Å². The molecule has 5 heteroatoms. The Morgan fingerprint density at radius 1 is 0.880 bits per heavy atom. The lowest BCUT2D eigenvalue weighted by atomic mass is 10.0. The van der Waals surface area contributed by atoms with E-state index in [1.165, 1.54) is 16.7 Å². The first-order valence-electron chi connectivity index (χ1n) is 8.39. The van der Waals surface area contributed by atoms with Crippen LogP contribution in [0.15, 0.2) is 59.3 Å². The number of fused-ring (bicyclic) bond motifs is 4. The summed E-state index contributed by atoms with van der Waals surface area (Å²) < 4.78 is 2.76. The molecule has 0 saturated carbocycles. The summed E-state index contributed by atoms with van der Waals surface area (Å²) in [5.74, 6) is 0.804. The first-order valence-corrected chi connectivity index (χ1v) is 9.19. The Morgan fingerprint density at radius 3 is 2.64 bits per heavy atom. The van der Waals surface area contributed by atoms with E-state index in [1.807, 2.05) is 22.8 Å². The van der Waals surface area contributed by atoms with E-state index in [0.717, 1.165) is 46.5 Å². The highest BCUT2D eigenvalue weighted by molar-refractivity contribution is 9.10. The van der Waals surface area contributed by atoms with Crippen molar-refractivity contribution < 1.29 is 0 Å². The van der Waals surface area contributed by atoms with Crippen LogP contribution in [0.1, 0.15) is 17.5 Å². The molecule has 4 nitrogen and oxygen atoms in total. The molecule has 1 aliphatic rings. The van der Waals surface area contributed by atoms with Crippen LogP contribution in [0.4, 0.5) is 0 Å². The Morgan fingerprint density at radius 2 is 1.68 bits per heavy atom. The van der Waals surface area contributed by atoms with Crippen LogP contribution in [-0.4, -0.2) is 19.7 Å². The zero-order valence-electron chi connectivity index (χ0n) is 13.5. The highest BCUT2D eigenvalue weighted by Gasteiger charge is 2.18. The predicted molar refractivity (Wildman–Crippen MR) is 102 cm³/mol. The molecular formula is C20H15BrN4. The number of aryl methyl sites for hydroxylation is 2. The lowest BCUT2D eigenvalue weighted by Gasteiger charge is -2.10. The van der Waals surface area contributed by atoms with Gasteiger partial charge in [0.2, 0.25) is 0 Å². The second-order valence-corrected chi connectivity index (χ2v) is 7.00. The van der Waals surface area contributed by atoms with E-state index in [1.54, 1.807) is 0 Å². The van der Waals surface area contributed by atoms with Crippen LogP contribution in [-0.2, 0) is 12.8 Å². The van der Waals surface area contributed by atoms with Crippen molar-refractivity contribution in [1.29, 1.82) is 0 Å². The Kier molecular flexibility index (Phi) is 3.41. The van der Waals surface area contributed by atoms with Crippen molar-refractivity contribution in [3.05, 3.63) is 70.5 Å². The zero-order valence-corrected chi connectivity index (χ0v) is 15.1. The van der Waals surface area contributed by atoms with Crippen LogP contribution in [0.2, 0.25) is 0 Å². The summed E-state index contributed by atoms with van der Waals surface area (Å²) >= 11 is 3.57. The third kappa shape index (κ3) is 2.38. The topological polar surface area (TPSA) is 43.6 Å². The average molecular weight is 391 g/mol. The number of para-hydroxylation sites is 2. The van der Waals surface area contributed by atoms with Gasteiger partial charge in [0.05, 0.1) is 16.7 Å². The van der Waals surface area contributed by atoms with E-state index in [2.05, 4.69) is 67.5 Å². The fourth-order valence-corrected chi connectivity index (χ4v) is 4.16. The Labute approximate surface area is 153 Å². The molecule has 2 heterocycles. The van der Waals surface area contributed by atoms with E-state index in [4.69, 9.17) is 0 Å². The van der Waals surface area contributed by atoms with Gasteiger partial charge in [-0.15, -0.1) is 10.2 Å². The second kappa shape index (κ2) is 5.77. The van der Waals surface area contributed by atoms with Gasteiger partial charge in [-0.3, -0.25) is 4.57 Å². The molecule has 0 amide bonds. The number of hydrogen-bond donors (Lipinski definition) is 0. The SMILES string of the molecule is Brc1nc2ccccc2n1-c1cc2c(nn1)-c1ccccc1CCC2. The van der Waals surface area contributed by atoms with Crippen molar-refractivity contribution in [3.63, 3.8) is 0 Å². The maximum absolute atomic E-state index is 4.61. The Bertz CT molecular complexity index is 1100. The van der Waals surface area contributed by atoms with Crippen molar-refractivity contribution in [2.24, 2.45) is 0 Å². The summed E-state index contributed by atoms with van der Waals surface area (Å²) in [4.78, 5) is 4.57. The van der Waals surface area contributed by atoms with Gasteiger partial charge in [0.25, 0.3) is 0 Å². The first-order chi connectivity index (χ1) is 12.3. The molecule has 0 atom stereocenters. The fraction of sp³-hybridized carbons (Fsp3) is 0.150. The van der Waals surface area contributed by atoms with Gasteiger partial charge in [-0.25, -0.2) is 4.98 Å². The molecule has 5 rings (SSSR count). The lowest BCUT2D eigenvalue weighted by molar-refractivity contribution is 0.823. The van der Waals surface area contributed by atoms with Crippen LogP contribution in [0, 0.1) is 0 Å². The molecule has 0 radical (unpaired) electrons. The number of benzene rings is 2. The number of hydrogen-bond acceptors (Lipinski definition) is 3. The molecule has 4 aromatic rings. The molecule has 0 aliphatic heterocycles. The maximum atomic E-state index is 4.61. The van der Waals surface area contributed by atoms with Crippen molar-refractivity contribution in [1.82, 2.24) is 19.7 Å². The van der Waals surface area contributed by atoms with Gasteiger partial charge in [0, 0.05) is 5.56 Å². The third-order valence-electron chi connectivity index (χ3n) is 4.77. The van der Waals surface area contributed by atoms with E-state index in [9.17, 15) is 0 Å². The highest BCUT2D eigenvalue weighted by atomic mass is 79.9. The number of nitrogens with zero attached hydrogens (tertiary/aromatic N) is 4. The minimum atomic E-state index is 0.747. The zero-order chi connectivity index (χ0) is 16.8. The van der Waals surface area contributed by atoms with E-state index in [-0.39, 0.29) is 0 Å². The minimum Gasteiger partial charge on any atom is -0.269 e. The normalized spacial score (nSPS) is 13.3. The molecule has 25 heavy (non-hydrogen) atoms. The molecule has 0 spiro atoms. The van der Waals surface area contributed by atoms with Crippen molar-refractivity contribution in [2.75, 3.05) is 0 Å². The summed E-state index contributed by atoms with van der Waals surface area (Å²) in [7, 11) is 0. The van der Waals surface area contributed by atoms with Crippen LogP contribution in [0.3, 0.4) is 0 Å². The molecule has 122 valence electrons. The molecule has 0 fully saturated rings. The molecular weight excluding hydrogens is 376 g/mol. The quantitative estimate of drug-likeness (QED) is 0.471. The van der Waals surface area contributed by atoms with Crippen LogP contribution >= 0.6 is 15.9 Å². The van der Waals surface area contributed by atoms with Gasteiger partial charge in [-0.1, -0.05) is 36.4 Å². The smallest absolute Gasteiger partial charge is 0.184 e. The maximum Gasteiger partial charge on any atom is 0.184 e. The lowest BCUT2D eigenvalue weighted by Crippen LogP contribution is -2.03. The molecule has 2 aromatic heterocycles. The van der Waals surface area contributed by atoms with E-state index >= 15 is 0 Å². The predicted octanol–water partition coefficient (Wildman–Crippen LogP) is 4.73. The molecule has 0 saturated heterocycles. The van der Waals surface area contributed by atoms with Gasteiger partial charge < -0.3 is 0 Å². The van der Waals surface area contributed by atoms with Gasteiger partial charge in [-0.05, 0) is 64.5 Å².